The van der Waals surface area contributed by atoms with Crippen LogP contribution in [0.3, 0.4) is 0 Å². The number of piperazine rings is 1. The van der Waals surface area contributed by atoms with Crippen LogP contribution in [0.5, 0.6) is 0 Å². The first-order valence-corrected chi connectivity index (χ1v) is 6.56. The van der Waals surface area contributed by atoms with Gasteiger partial charge in [0, 0.05) is 44.5 Å². The molecule has 1 aliphatic carbocycles. The molecular weight excluding hydrogens is 228 g/mol. The Morgan fingerprint density at radius 2 is 1.78 bits per heavy atom. The number of carbonyl (C=O) groups is 1. The summed E-state index contributed by atoms with van der Waals surface area (Å²) in [4.78, 5) is 24.7. The first kappa shape index (κ1) is 11.4. The standard InChI is InChI=1S/C13H18N4O/c1-10-8-14-13(15-9-10)17-6-4-16(5-7-17)12(18)11-2-3-11/h8-9,11H,2-7H2,1H3. The number of hydrogen-bond donors (Lipinski definition) is 0. The van der Waals surface area contributed by atoms with Crippen LogP contribution in [0.4, 0.5) is 5.95 Å². The van der Waals surface area contributed by atoms with Crippen LogP contribution in [0, 0.1) is 12.8 Å². The lowest BCUT2D eigenvalue weighted by atomic mass is 10.2. The molecule has 1 amide bonds. The van der Waals surface area contributed by atoms with Gasteiger partial charge in [-0.25, -0.2) is 9.97 Å². The van der Waals surface area contributed by atoms with Crippen LogP contribution in [0.15, 0.2) is 12.4 Å². The summed E-state index contributed by atoms with van der Waals surface area (Å²) in [5.41, 5.74) is 1.07. The molecule has 3 rings (SSSR count). The molecule has 1 aliphatic heterocycles. The van der Waals surface area contributed by atoms with Gasteiger partial charge >= 0.3 is 0 Å². The average Bonchev–Trinajstić information content (AvgIpc) is 3.23. The van der Waals surface area contributed by atoms with E-state index in [1.165, 1.54) is 0 Å². The van der Waals surface area contributed by atoms with Crippen LogP contribution in [0.2, 0.25) is 0 Å². The summed E-state index contributed by atoms with van der Waals surface area (Å²) in [5.74, 6) is 1.45. The highest BCUT2D eigenvalue weighted by Crippen LogP contribution is 2.31. The van der Waals surface area contributed by atoms with Gasteiger partial charge in [-0.05, 0) is 25.3 Å². The Hall–Kier alpha value is -1.65. The summed E-state index contributed by atoms with van der Waals surface area (Å²) in [6.07, 6.45) is 5.84. The summed E-state index contributed by atoms with van der Waals surface area (Å²) in [5, 5.41) is 0. The quantitative estimate of drug-likeness (QED) is 0.776. The van der Waals surface area contributed by atoms with Crippen molar-refractivity contribution in [2.45, 2.75) is 19.8 Å². The number of carbonyl (C=O) groups excluding carboxylic acids is 1. The third kappa shape index (κ3) is 2.30. The van der Waals surface area contributed by atoms with E-state index in [2.05, 4.69) is 14.9 Å². The number of aryl methyl sites for hydroxylation is 1. The molecule has 2 fully saturated rings. The fourth-order valence-electron chi connectivity index (χ4n) is 2.26. The second-order valence-corrected chi connectivity index (χ2v) is 5.15. The van der Waals surface area contributed by atoms with Crippen molar-refractivity contribution in [1.29, 1.82) is 0 Å². The van der Waals surface area contributed by atoms with Crippen molar-refractivity contribution >= 4 is 11.9 Å². The third-order valence-electron chi connectivity index (χ3n) is 3.57. The van der Waals surface area contributed by atoms with Crippen LogP contribution in [-0.4, -0.2) is 47.0 Å². The smallest absolute Gasteiger partial charge is 0.225 e. The van der Waals surface area contributed by atoms with Crippen LogP contribution >= 0.6 is 0 Å². The Kier molecular flexibility index (Phi) is 2.89. The molecule has 0 atom stereocenters. The van der Waals surface area contributed by atoms with Crippen LogP contribution < -0.4 is 4.90 Å². The molecule has 5 nitrogen and oxygen atoms in total. The van der Waals surface area contributed by atoms with E-state index >= 15 is 0 Å². The number of anilines is 1. The van der Waals surface area contributed by atoms with E-state index in [9.17, 15) is 4.79 Å². The Morgan fingerprint density at radius 3 is 2.33 bits per heavy atom. The minimum absolute atomic E-state index is 0.326. The van der Waals surface area contributed by atoms with Crippen molar-refractivity contribution < 1.29 is 4.79 Å². The van der Waals surface area contributed by atoms with Crippen LogP contribution in [0.1, 0.15) is 18.4 Å². The molecule has 1 aromatic heterocycles. The van der Waals surface area contributed by atoms with Crippen molar-refractivity contribution in [2.75, 3.05) is 31.1 Å². The van der Waals surface area contributed by atoms with Crippen molar-refractivity contribution in [3.8, 4) is 0 Å². The monoisotopic (exact) mass is 246 g/mol. The van der Waals surface area contributed by atoms with Gasteiger partial charge in [-0.3, -0.25) is 4.79 Å². The second-order valence-electron chi connectivity index (χ2n) is 5.15. The molecule has 0 aromatic carbocycles. The van der Waals surface area contributed by atoms with Crippen molar-refractivity contribution in [3.05, 3.63) is 18.0 Å². The Balaban J connectivity index is 1.59. The summed E-state index contributed by atoms with van der Waals surface area (Å²) >= 11 is 0. The Bertz CT molecular complexity index is 433. The van der Waals surface area contributed by atoms with Gasteiger partial charge in [0.1, 0.15) is 0 Å². The van der Waals surface area contributed by atoms with Crippen molar-refractivity contribution in [2.24, 2.45) is 5.92 Å². The maximum atomic E-state index is 11.9. The summed E-state index contributed by atoms with van der Waals surface area (Å²) in [7, 11) is 0. The van der Waals surface area contributed by atoms with Crippen LogP contribution in [0.25, 0.3) is 0 Å². The molecule has 2 aliphatic rings. The molecule has 1 aromatic rings. The molecule has 2 heterocycles. The Morgan fingerprint density at radius 1 is 1.17 bits per heavy atom. The lowest BCUT2D eigenvalue weighted by molar-refractivity contribution is -0.132. The van der Waals surface area contributed by atoms with E-state index in [0.29, 0.717) is 11.8 Å². The fourth-order valence-corrected chi connectivity index (χ4v) is 2.26. The first-order chi connectivity index (χ1) is 8.74. The normalized spacial score (nSPS) is 20.1. The first-order valence-electron chi connectivity index (χ1n) is 6.56. The van der Waals surface area contributed by atoms with E-state index in [0.717, 1.165) is 50.5 Å². The van der Waals surface area contributed by atoms with E-state index in [-0.39, 0.29) is 0 Å². The maximum absolute atomic E-state index is 11.9. The van der Waals surface area contributed by atoms with Gasteiger partial charge in [-0.15, -0.1) is 0 Å². The maximum Gasteiger partial charge on any atom is 0.225 e. The summed E-state index contributed by atoms with van der Waals surface area (Å²) in [6.45, 7) is 5.25. The SMILES string of the molecule is Cc1cnc(N2CCN(C(=O)C3CC3)CC2)nc1. The highest BCUT2D eigenvalue weighted by Gasteiger charge is 2.34. The lowest BCUT2D eigenvalue weighted by Crippen LogP contribution is -2.49. The number of hydrogen-bond acceptors (Lipinski definition) is 4. The van der Waals surface area contributed by atoms with Gasteiger partial charge in [0.2, 0.25) is 11.9 Å². The van der Waals surface area contributed by atoms with Crippen LogP contribution in [-0.2, 0) is 4.79 Å². The molecule has 0 spiro atoms. The molecule has 1 saturated carbocycles. The van der Waals surface area contributed by atoms with E-state index in [4.69, 9.17) is 0 Å². The molecule has 0 bridgehead atoms. The van der Waals surface area contributed by atoms with E-state index in [1.807, 2.05) is 24.2 Å². The minimum atomic E-state index is 0.326. The van der Waals surface area contributed by atoms with E-state index in [1.54, 1.807) is 0 Å². The molecule has 96 valence electrons. The van der Waals surface area contributed by atoms with E-state index < -0.39 is 0 Å². The molecule has 0 N–H and O–H groups in total. The second kappa shape index (κ2) is 4.55. The zero-order chi connectivity index (χ0) is 12.5. The summed E-state index contributed by atoms with van der Waals surface area (Å²) < 4.78 is 0. The molecular formula is C13H18N4O. The molecule has 18 heavy (non-hydrogen) atoms. The topological polar surface area (TPSA) is 49.3 Å². The number of rotatable bonds is 2. The van der Waals surface area contributed by atoms with Gasteiger partial charge in [0.15, 0.2) is 0 Å². The molecule has 0 unspecified atom stereocenters. The van der Waals surface area contributed by atoms with Gasteiger partial charge in [0.25, 0.3) is 0 Å². The molecule has 0 radical (unpaired) electrons. The van der Waals surface area contributed by atoms with Crippen molar-refractivity contribution in [3.63, 3.8) is 0 Å². The summed E-state index contributed by atoms with van der Waals surface area (Å²) in [6, 6.07) is 0. The number of nitrogens with zero attached hydrogens (tertiary/aromatic N) is 4. The fraction of sp³-hybridized carbons (Fsp3) is 0.615. The van der Waals surface area contributed by atoms with Gasteiger partial charge < -0.3 is 9.80 Å². The zero-order valence-electron chi connectivity index (χ0n) is 10.7. The minimum Gasteiger partial charge on any atom is -0.339 e. The molecule has 1 saturated heterocycles. The highest BCUT2D eigenvalue weighted by atomic mass is 16.2. The van der Waals surface area contributed by atoms with Gasteiger partial charge in [-0.2, -0.15) is 0 Å². The zero-order valence-corrected chi connectivity index (χ0v) is 10.7. The van der Waals surface area contributed by atoms with Gasteiger partial charge in [-0.1, -0.05) is 0 Å². The molecule has 5 heteroatoms. The number of aromatic nitrogens is 2. The predicted molar refractivity (Wildman–Crippen MR) is 68.3 cm³/mol. The highest BCUT2D eigenvalue weighted by molar-refractivity contribution is 5.81. The van der Waals surface area contributed by atoms with Gasteiger partial charge in [0.05, 0.1) is 0 Å². The largest absolute Gasteiger partial charge is 0.339 e. The number of amides is 1. The third-order valence-corrected chi connectivity index (χ3v) is 3.57. The average molecular weight is 246 g/mol. The lowest BCUT2D eigenvalue weighted by Gasteiger charge is -2.34. The Labute approximate surface area is 107 Å². The van der Waals surface area contributed by atoms with Crippen molar-refractivity contribution in [1.82, 2.24) is 14.9 Å². The predicted octanol–water partition coefficient (Wildman–Crippen LogP) is 0.844.